The van der Waals surface area contributed by atoms with Crippen LogP contribution in [-0.2, 0) is 6.54 Å². The van der Waals surface area contributed by atoms with Crippen molar-refractivity contribution in [2.75, 3.05) is 11.6 Å². The summed E-state index contributed by atoms with van der Waals surface area (Å²) in [7, 11) is 0. The second-order valence-electron chi connectivity index (χ2n) is 8.64. The molecular formula is C24H21FN10O2S. The number of aromatic hydroxyl groups is 1. The van der Waals surface area contributed by atoms with E-state index >= 15 is 0 Å². The monoisotopic (exact) mass is 532 g/mol. The minimum Gasteiger partial charge on any atom is -0.493 e. The Morgan fingerprint density at radius 2 is 2.05 bits per heavy atom. The van der Waals surface area contributed by atoms with Crippen molar-refractivity contribution in [1.29, 1.82) is 0 Å². The number of hydrogen-bond donors (Lipinski definition) is 4. The lowest BCUT2D eigenvalue weighted by molar-refractivity contribution is 0.454. The molecule has 1 saturated carbocycles. The summed E-state index contributed by atoms with van der Waals surface area (Å²) in [6.45, 7) is 0.218. The Balaban J connectivity index is 1.39. The van der Waals surface area contributed by atoms with Crippen LogP contribution in [0.3, 0.4) is 0 Å². The number of H-pyrrole nitrogens is 2. The van der Waals surface area contributed by atoms with Crippen molar-refractivity contribution in [2.45, 2.75) is 30.6 Å². The van der Waals surface area contributed by atoms with Crippen LogP contribution < -0.4 is 21.8 Å². The van der Waals surface area contributed by atoms with Crippen LogP contribution in [0.1, 0.15) is 24.1 Å². The fourth-order valence-electron chi connectivity index (χ4n) is 3.88. The maximum absolute atomic E-state index is 14.2. The van der Waals surface area contributed by atoms with E-state index in [1.165, 1.54) is 28.4 Å². The predicted octanol–water partition coefficient (Wildman–Crippen LogP) is 1.39. The summed E-state index contributed by atoms with van der Waals surface area (Å²) in [6, 6.07) is 4.70. The third-order valence-electron chi connectivity index (χ3n) is 5.88. The highest BCUT2D eigenvalue weighted by Gasteiger charge is 2.21. The van der Waals surface area contributed by atoms with Crippen molar-refractivity contribution in [3.05, 3.63) is 75.2 Å². The molecule has 4 aromatic heterocycles. The van der Waals surface area contributed by atoms with Gasteiger partial charge in [0.25, 0.3) is 5.62 Å². The van der Waals surface area contributed by atoms with Crippen molar-refractivity contribution in [3.8, 4) is 17.0 Å². The van der Waals surface area contributed by atoms with Gasteiger partial charge in [0.05, 0.1) is 12.2 Å². The number of thioether (sulfide) groups is 1. The lowest BCUT2D eigenvalue weighted by Crippen LogP contribution is -2.24. The van der Waals surface area contributed by atoms with Gasteiger partial charge in [-0.2, -0.15) is 19.6 Å². The average molecular weight is 533 g/mol. The highest BCUT2D eigenvalue weighted by atomic mass is 32.2. The molecule has 0 saturated heterocycles. The molecule has 5 aromatic rings. The van der Waals surface area contributed by atoms with Crippen LogP contribution >= 0.6 is 11.8 Å². The Labute approximate surface area is 217 Å². The highest BCUT2D eigenvalue weighted by Crippen LogP contribution is 2.25. The summed E-state index contributed by atoms with van der Waals surface area (Å²) in [5, 5.41) is 18.7. The zero-order chi connectivity index (χ0) is 26.2. The Morgan fingerprint density at radius 3 is 2.76 bits per heavy atom. The molecule has 0 radical (unpaired) electrons. The molecule has 0 spiro atoms. The third kappa shape index (κ3) is 4.85. The minimum atomic E-state index is -0.536. The van der Waals surface area contributed by atoms with Crippen LogP contribution in [0.5, 0.6) is 5.88 Å². The number of nitrogens with one attached hydrogen (secondary N) is 3. The number of imidazole rings is 1. The maximum Gasteiger partial charge on any atom is 0.326 e. The Hall–Kier alpha value is -4.59. The quantitative estimate of drug-likeness (QED) is 0.179. The van der Waals surface area contributed by atoms with E-state index in [1.54, 1.807) is 30.7 Å². The largest absolute Gasteiger partial charge is 0.493 e. The van der Waals surface area contributed by atoms with Crippen molar-refractivity contribution in [2.24, 2.45) is 4.99 Å². The zero-order valence-electron chi connectivity index (χ0n) is 20.0. The van der Waals surface area contributed by atoms with Gasteiger partial charge in [-0.25, -0.2) is 24.1 Å². The van der Waals surface area contributed by atoms with E-state index in [0.717, 1.165) is 24.0 Å². The molecule has 1 aromatic carbocycles. The van der Waals surface area contributed by atoms with Gasteiger partial charge in [0.1, 0.15) is 11.5 Å². The van der Waals surface area contributed by atoms with Gasteiger partial charge in [0.2, 0.25) is 11.8 Å². The fraction of sp³-hybridized carbons (Fsp3) is 0.208. The van der Waals surface area contributed by atoms with Crippen molar-refractivity contribution in [3.63, 3.8) is 0 Å². The van der Waals surface area contributed by atoms with E-state index in [-0.39, 0.29) is 35.9 Å². The molecule has 4 heterocycles. The van der Waals surface area contributed by atoms with Gasteiger partial charge in [-0.1, -0.05) is 17.8 Å². The van der Waals surface area contributed by atoms with Gasteiger partial charge in [0.15, 0.2) is 10.8 Å². The summed E-state index contributed by atoms with van der Waals surface area (Å²) in [6.07, 6.45) is 10.4. The molecule has 0 amide bonds. The number of aromatic amines is 2. The summed E-state index contributed by atoms with van der Waals surface area (Å²) in [5.41, 5.74) is 2.65. The van der Waals surface area contributed by atoms with E-state index in [0.29, 0.717) is 27.2 Å². The number of benzene rings is 1. The first-order valence-electron chi connectivity index (χ1n) is 11.7. The summed E-state index contributed by atoms with van der Waals surface area (Å²) in [5.74, 6) is -0.401. The lowest BCUT2D eigenvalue weighted by atomic mass is 10.0. The number of hydrogen-bond acceptors (Lipinski definition) is 10. The van der Waals surface area contributed by atoms with E-state index < -0.39 is 5.69 Å². The van der Waals surface area contributed by atoms with Crippen molar-refractivity contribution < 1.29 is 9.50 Å². The third-order valence-corrected chi connectivity index (χ3v) is 6.46. The zero-order valence-corrected chi connectivity index (χ0v) is 20.8. The molecule has 192 valence electrons. The van der Waals surface area contributed by atoms with Crippen LogP contribution in [0.25, 0.3) is 22.9 Å². The van der Waals surface area contributed by atoms with Gasteiger partial charge in [0, 0.05) is 29.7 Å². The lowest BCUT2D eigenvalue weighted by Gasteiger charge is -2.11. The second-order valence-corrected chi connectivity index (χ2v) is 9.42. The number of nitrogens with zero attached hydrogens (tertiary/aromatic N) is 7. The van der Waals surface area contributed by atoms with Gasteiger partial charge in [-0.15, -0.1) is 0 Å². The van der Waals surface area contributed by atoms with Crippen molar-refractivity contribution in [1.82, 2.24) is 39.5 Å². The van der Waals surface area contributed by atoms with Crippen LogP contribution in [-0.4, -0.2) is 56.9 Å². The molecule has 1 aliphatic carbocycles. The van der Waals surface area contributed by atoms with Crippen LogP contribution in [0.4, 0.5) is 10.3 Å². The van der Waals surface area contributed by atoms with Crippen LogP contribution in [0.2, 0.25) is 0 Å². The summed E-state index contributed by atoms with van der Waals surface area (Å²) < 4.78 is 15.7. The molecular weight excluding hydrogens is 511 g/mol. The molecule has 38 heavy (non-hydrogen) atoms. The molecule has 12 nitrogen and oxygen atoms in total. The molecule has 0 atom stereocenters. The fourth-order valence-corrected chi connectivity index (χ4v) is 4.20. The van der Waals surface area contributed by atoms with Crippen LogP contribution in [0, 0.1) is 5.82 Å². The first-order valence-corrected chi connectivity index (χ1v) is 12.9. The topological polar surface area (TPSA) is 162 Å². The van der Waals surface area contributed by atoms with E-state index in [9.17, 15) is 14.3 Å². The molecule has 1 fully saturated rings. The number of halogens is 1. The normalized spacial score (nSPS) is 14.5. The SMILES string of the molecule is CSc1ncc(-c2ccc(F)cc2CNc2nc(=NC3CC3)n3ncc(=Cc4[nH]c(=O)[nH]c4O)c3n2)cn1. The molecule has 0 aliphatic heterocycles. The Bertz CT molecular complexity index is 1830. The first-order chi connectivity index (χ1) is 18.5. The summed E-state index contributed by atoms with van der Waals surface area (Å²) >= 11 is 1.44. The average Bonchev–Trinajstić information content (AvgIpc) is 3.55. The number of anilines is 1. The molecule has 0 unspecified atom stereocenters. The van der Waals surface area contributed by atoms with Gasteiger partial charge in [-0.3, -0.25) is 4.98 Å². The molecule has 1 aliphatic rings. The Kier molecular flexibility index (Phi) is 6.07. The smallest absolute Gasteiger partial charge is 0.326 e. The standard InChI is InChI=1S/C24H21FN10O2S/c1-38-24-27-9-14(10-28-24)17-5-2-15(25)6-12(17)8-26-21-32-19-13(7-18-20(36)33-23(37)31-18)11-29-35(19)22(34-21)30-16-3-4-16/h2,5-7,9-11,16,36H,3-4,8H2,1H3,(H,26,30,34)(H2,31,33,37). The molecule has 6 rings (SSSR count). The second kappa shape index (κ2) is 9.70. The first kappa shape index (κ1) is 23.8. The minimum absolute atomic E-state index is 0.168. The van der Waals surface area contributed by atoms with Gasteiger partial charge < -0.3 is 15.4 Å². The number of rotatable bonds is 7. The number of aromatic nitrogens is 8. The molecule has 0 bridgehead atoms. The highest BCUT2D eigenvalue weighted by molar-refractivity contribution is 7.98. The Morgan fingerprint density at radius 1 is 1.24 bits per heavy atom. The summed E-state index contributed by atoms with van der Waals surface area (Å²) in [4.78, 5) is 38.8. The van der Waals surface area contributed by atoms with E-state index in [2.05, 4.69) is 45.3 Å². The van der Waals surface area contributed by atoms with Gasteiger partial charge >= 0.3 is 5.69 Å². The van der Waals surface area contributed by atoms with Crippen LogP contribution in [0.15, 0.2) is 51.7 Å². The number of fused-ring (bicyclic) bond motifs is 1. The van der Waals surface area contributed by atoms with E-state index in [1.807, 2.05) is 6.26 Å². The predicted molar refractivity (Wildman–Crippen MR) is 138 cm³/mol. The van der Waals surface area contributed by atoms with Crippen molar-refractivity contribution >= 4 is 29.4 Å². The molecule has 4 N–H and O–H groups in total. The van der Waals surface area contributed by atoms with E-state index in [4.69, 9.17) is 0 Å². The maximum atomic E-state index is 14.2. The molecule has 14 heteroatoms. The van der Waals surface area contributed by atoms with Gasteiger partial charge in [-0.05, 0) is 48.4 Å².